The fraction of sp³-hybridized carbons (Fsp3) is 0.700. The normalized spacial score (nSPS) is 13.3. The average Bonchev–Trinajstić information content (AvgIpc) is 2.40. The number of rotatable bonds is 3. The molecule has 1 aromatic heterocycles. The van der Waals surface area contributed by atoms with Crippen LogP contribution in [0.25, 0.3) is 0 Å². The highest BCUT2D eigenvalue weighted by Gasteiger charge is 2.12. The summed E-state index contributed by atoms with van der Waals surface area (Å²) in [5.41, 5.74) is 9.13. The number of nitrogens with zero attached hydrogens (tertiary/aromatic N) is 2. The van der Waals surface area contributed by atoms with E-state index in [-0.39, 0.29) is 0 Å². The third-order valence-electron chi connectivity index (χ3n) is 2.69. The molecule has 2 N–H and O–H groups in total. The number of hydrogen-bond donors (Lipinski definition) is 1. The van der Waals surface area contributed by atoms with Gasteiger partial charge in [-0.05, 0) is 27.2 Å². The van der Waals surface area contributed by atoms with Crippen LogP contribution >= 0.6 is 0 Å². The second kappa shape index (κ2) is 3.92. The van der Waals surface area contributed by atoms with E-state index in [0.717, 1.165) is 12.1 Å². The van der Waals surface area contributed by atoms with Gasteiger partial charge in [0.2, 0.25) is 0 Å². The lowest BCUT2D eigenvalue weighted by atomic mass is 10.2. The molecule has 1 aromatic rings. The molecule has 74 valence electrons. The molecule has 0 spiro atoms. The van der Waals surface area contributed by atoms with Gasteiger partial charge in [0.15, 0.2) is 0 Å². The molecule has 0 amide bonds. The molecule has 0 fully saturated rings. The van der Waals surface area contributed by atoms with Crippen LogP contribution in [-0.2, 0) is 6.54 Å². The second-order valence-corrected chi connectivity index (χ2v) is 3.56. The van der Waals surface area contributed by atoms with Gasteiger partial charge in [-0.2, -0.15) is 5.10 Å². The lowest BCUT2D eigenvalue weighted by molar-refractivity contribution is 0.465. The Balaban J connectivity index is 3.10. The molecule has 1 heterocycles. The Morgan fingerprint density at radius 1 is 1.46 bits per heavy atom. The molecule has 0 bridgehead atoms. The molecule has 0 saturated carbocycles. The first-order valence-corrected chi connectivity index (χ1v) is 4.86. The first-order valence-electron chi connectivity index (χ1n) is 4.86. The van der Waals surface area contributed by atoms with E-state index in [4.69, 9.17) is 5.73 Å². The highest BCUT2D eigenvalue weighted by atomic mass is 15.3. The fourth-order valence-electron chi connectivity index (χ4n) is 1.59. The van der Waals surface area contributed by atoms with Crippen molar-refractivity contribution in [2.45, 2.75) is 46.7 Å². The van der Waals surface area contributed by atoms with E-state index in [1.807, 2.05) is 6.92 Å². The molecule has 0 aliphatic rings. The smallest absolute Gasteiger partial charge is 0.0641 e. The molecule has 0 aromatic carbocycles. The minimum Gasteiger partial charge on any atom is -0.326 e. The summed E-state index contributed by atoms with van der Waals surface area (Å²) in [7, 11) is 0. The van der Waals surface area contributed by atoms with Gasteiger partial charge in [-0.3, -0.25) is 4.68 Å². The van der Waals surface area contributed by atoms with Crippen molar-refractivity contribution in [3.05, 3.63) is 17.0 Å². The maximum absolute atomic E-state index is 5.65. The van der Waals surface area contributed by atoms with Gasteiger partial charge in [0, 0.05) is 23.8 Å². The zero-order valence-corrected chi connectivity index (χ0v) is 8.96. The summed E-state index contributed by atoms with van der Waals surface area (Å²) in [5, 5.41) is 4.49. The number of aryl methyl sites for hydroxylation is 1. The largest absolute Gasteiger partial charge is 0.326 e. The average molecular weight is 181 g/mol. The molecule has 0 saturated heterocycles. The Labute approximate surface area is 79.9 Å². The van der Waals surface area contributed by atoms with Gasteiger partial charge in [0.05, 0.1) is 5.69 Å². The van der Waals surface area contributed by atoms with E-state index in [9.17, 15) is 0 Å². The lowest BCUT2D eigenvalue weighted by Crippen LogP contribution is -2.08. The van der Waals surface area contributed by atoms with Gasteiger partial charge >= 0.3 is 0 Å². The summed E-state index contributed by atoms with van der Waals surface area (Å²) < 4.78 is 2.08. The zero-order valence-electron chi connectivity index (χ0n) is 8.96. The van der Waals surface area contributed by atoms with Crippen molar-refractivity contribution in [2.24, 2.45) is 5.73 Å². The van der Waals surface area contributed by atoms with Crippen LogP contribution in [0.4, 0.5) is 0 Å². The molecular weight excluding hydrogens is 162 g/mol. The maximum atomic E-state index is 5.65. The molecule has 13 heavy (non-hydrogen) atoms. The van der Waals surface area contributed by atoms with Gasteiger partial charge in [-0.15, -0.1) is 0 Å². The van der Waals surface area contributed by atoms with Crippen molar-refractivity contribution >= 4 is 0 Å². The van der Waals surface area contributed by atoms with Crippen LogP contribution in [0.15, 0.2) is 0 Å². The zero-order chi connectivity index (χ0) is 10.0. The maximum Gasteiger partial charge on any atom is 0.0641 e. The Morgan fingerprint density at radius 2 is 2.08 bits per heavy atom. The van der Waals surface area contributed by atoms with Crippen molar-refractivity contribution < 1.29 is 0 Å². The SMILES string of the molecule is CCC(C)n1nc(C)c(CN)c1C. The Hall–Kier alpha value is -0.830. The van der Waals surface area contributed by atoms with Crippen molar-refractivity contribution in [1.29, 1.82) is 0 Å². The standard InChI is InChI=1S/C10H19N3/c1-5-7(2)13-9(4)10(6-11)8(3)12-13/h7H,5-6,11H2,1-4H3. The number of aromatic nitrogens is 2. The van der Waals surface area contributed by atoms with Crippen molar-refractivity contribution in [1.82, 2.24) is 9.78 Å². The van der Waals surface area contributed by atoms with Crippen LogP contribution in [0.5, 0.6) is 0 Å². The van der Waals surface area contributed by atoms with E-state index in [2.05, 4.69) is 30.6 Å². The van der Waals surface area contributed by atoms with E-state index < -0.39 is 0 Å². The Morgan fingerprint density at radius 3 is 2.46 bits per heavy atom. The van der Waals surface area contributed by atoms with Gasteiger partial charge in [0.25, 0.3) is 0 Å². The van der Waals surface area contributed by atoms with Crippen molar-refractivity contribution in [2.75, 3.05) is 0 Å². The topological polar surface area (TPSA) is 43.8 Å². The highest BCUT2D eigenvalue weighted by Crippen LogP contribution is 2.18. The van der Waals surface area contributed by atoms with Gasteiger partial charge in [-0.1, -0.05) is 6.92 Å². The van der Waals surface area contributed by atoms with E-state index >= 15 is 0 Å². The summed E-state index contributed by atoms with van der Waals surface area (Å²) in [6.45, 7) is 9.06. The lowest BCUT2D eigenvalue weighted by Gasteiger charge is -2.11. The number of hydrogen-bond acceptors (Lipinski definition) is 2. The van der Waals surface area contributed by atoms with E-state index in [0.29, 0.717) is 12.6 Å². The second-order valence-electron chi connectivity index (χ2n) is 3.56. The number of nitrogens with two attached hydrogens (primary N) is 1. The quantitative estimate of drug-likeness (QED) is 0.774. The van der Waals surface area contributed by atoms with Crippen LogP contribution in [0, 0.1) is 13.8 Å². The van der Waals surface area contributed by atoms with Crippen molar-refractivity contribution in [3.63, 3.8) is 0 Å². The minimum atomic E-state index is 0.471. The Bertz CT molecular complexity index is 289. The van der Waals surface area contributed by atoms with Crippen LogP contribution in [0.3, 0.4) is 0 Å². The molecule has 0 aliphatic carbocycles. The molecule has 0 radical (unpaired) electrons. The molecular formula is C10H19N3. The molecule has 1 rings (SSSR count). The molecule has 3 nitrogen and oxygen atoms in total. The van der Waals surface area contributed by atoms with Crippen LogP contribution in [-0.4, -0.2) is 9.78 Å². The molecule has 1 atom stereocenters. The predicted octanol–water partition coefficient (Wildman–Crippen LogP) is 1.93. The summed E-state index contributed by atoms with van der Waals surface area (Å²) >= 11 is 0. The van der Waals surface area contributed by atoms with Crippen LogP contribution < -0.4 is 5.73 Å². The molecule has 0 aliphatic heterocycles. The summed E-state index contributed by atoms with van der Waals surface area (Å²) in [6, 6.07) is 0.471. The van der Waals surface area contributed by atoms with Gasteiger partial charge in [-0.25, -0.2) is 0 Å². The predicted molar refractivity (Wildman–Crippen MR) is 54.6 cm³/mol. The van der Waals surface area contributed by atoms with Gasteiger partial charge in [0.1, 0.15) is 0 Å². The molecule has 1 unspecified atom stereocenters. The molecule has 3 heteroatoms. The van der Waals surface area contributed by atoms with Crippen molar-refractivity contribution in [3.8, 4) is 0 Å². The van der Waals surface area contributed by atoms with Crippen LogP contribution in [0.2, 0.25) is 0 Å². The first kappa shape index (κ1) is 10.3. The highest BCUT2D eigenvalue weighted by molar-refractivity contribution is 5.24. The summed E-state index contributed by atoms with van der Waals surface area (Å²) in [6.07, 6.45) is 1.10. The summed E-state index contributed by atoms with van der Waals surface area (Å²) in [4.78, 5) is 0. The van der Waals surface area contributed by atoms with E-state index in [1.165, 1.54) is 11.3 Å². The van der Waals surface area contributed by atoms with Crippen LogP contribution in [0.1, 0.15) is 43.3 Å². The fourth-order valence-corrected chi connectivity index (χ4v) is 1.59. The van der Waals surface area contributed by atoms with Gasteiger partial charge < -0.3 is 5.73 Å². The van der Waals surface area contributed by atoms with E-state index in [1.54, 1.807) is 0 Å². The summed E-state index contributed by atoms with van der Waals surface area (Å²) in [5.74, 6) is 0. The Kier molecular flexibility index (Phi) is 3.09. The third-order valence-corrected chi connectivity index (χ3v) is 2.69. The minimum absolute atomic E-state index is 0.471. The third kappa shape index (κ3) is 1.75. The first-order chi connectivity index (χ1) is 6.11. The monoisotopic (exact) mass is 181 g/mol.